The molecule has 1 aromatic heterocycles. The molecule has 0 radical (unpaired) electrons. The molecule has 2 amide bonds. The highest BCUT2D eigenvalue weighted by Gasteiger charge is 2.62. The number of esters is 1. The van der Waals surface area contributed by atoms with Crippen LogP contribution in [-0.2, 0) is 30.5 Å². The number of hydrogen-bond donors (Lipinski definition) is 2. The third-order valence-corrected chi connectivity index (χ3v) is 11.6. The number of allylic oxidation sites excluding steroid dienone is 1. The van der Waals surface area contributed by atoms with Crippen molar-refractivity contribution in [3.63, 3.8) is 0 Å². The van der Waals surface area contributed by atoms with E-state index in [0.29, 0.717) is 44.9 Å². The molecule has 2 aliphatic carbocycles. The van der Waals surface area contributed by atoms with Crippen LogP contribution in [0, 0.1) is 23.7 Å². The number of aliphatic carboxylic acids is 1. The predicted molar refractivity (Wildman–Crippen MR) is 181 cm³/mol. The first-order chi connectivity index (χ1) is 23.8. The second-order valence-electron chi connectivity index (χ2n) is 14.8. The van der Waals surface area contributed by atoms with Crippen LogP contribution in [0.25, 0.3) is 10.9 Å². The maximum absolute atomic E-state index is 14.5. The van der Waals surface area contributed by atoms with Crippen LogP contribution in [0.4, 0.5) is 0 Å². The topological polar surface area (TPSA) is 138 Å². The molecule has 2 saturated carbocycles. The Morgan fingerprint density at radius 2 is 1.84 bits per heavy atom. The number of carbonyl (C=O) groups excluding carboxylic acids is 3. The van der Waals surface area contributed by atoms with E-state index in [-0.39, 0.29) is 42.2 Å². The van der Waals surface area contributed by atoms with Gasteiger partial charge in [-0.05, 0) is 68.9 Å². The number of pyridine rings is 1. The van der Waals surface area contributed by atoms with Gasteiger partial charge in [-0.2, -0.15) is 0 Å². The van der Waals surface area contributed by atoms with Gasteiger partial charge in [0.15, 0.2) is 0 Å². The zero-order valence-electron chi connectivity index (χ0n) is 28.4. The number of benzene rings is 1. The lowest BCUT2D eigenvalue weighted by Gasteiger charge is -2.32. The minimum Gasteiger partial charge on any atom is -0.481 e. The smallest absolute Gasteiger partial charge is 0.330 e. The number of rotatable bonds is 7. The van der Waals surface area contributed by atoms with Crippen molar-refractivity contribution in [1.29, 1.82) is 0 Å². The van der Waals surface area contributed by atoms with E-state index < -0.39 is 29.4 Å². The van der Waals surface area contributed by atoms with Gasteiger partial charge in [-0.1, -0.05) is 43.2 Å². The van der Waals surface area contributed by atoms with Gasteiger partial charge in [0, 0.05) is 55.4 Å². The normalized spacial score (nSPS) is 31.6. The summed E-state index contributed by atoms with van der Waals surface area (Å²) in [7, 11) is 1.60. The number of aromatic nitrogens is 1. The third-order valence-electron chi connectivity index (χ3n) is 11.6. The van der Waals surface area contributed by atoms with Crippen molar-refractivity contribution in [2.45, 2.75) is 94.9 Å². The van der Waals surface area contributed by atoms with E-state index in [0.717, 1.165) is 67.8 Å². The van der Waals surface area contributed by atoms with E-state index in [1.54, 1.807) is 12.0 Å². The molecule has 5 aliphatic rings. The summed E-state index contributed by atoms with van der Waals surface area (Å²) < 4.78 is 11.3. The zero-order chi connectivity index (χ0) is 34.1. The molecule has 0 spiro atoms. The Bertz CT molecular complexity index is 1620. The number of para-hydroxylation sites is 1. The van der Waals surface area contributed by atoms with Crippen molar-refractivity contribution in [1.82, 2.24) is 20.1 Å². The number of fused-ring (bicyclic) bond motifs is 5. The van der Waals surface area contributed by atoms with Gasteiger partial charge in [-0.15, -0.1) is 0 Å². The molecule has 4 heterocycles. The standard InChI is InChI=1S/C38H48N4O7/c1-48-32-17-25(29-15-9-10-16-31(29)39-32)20-41-21-26-22-42-34(30(26)23-41)35(44)40-38(37(46)47)19-27(38)12-6-4-2-3-5-11-24(36(42)45)18-33(43)49-28-13-7-8-14-28/h6,9-10,12,15-17,24,26-28,30,34H,2-5,7-8,11,13-14,18-23H2,1H3,(H,40,44)(H,46,47)/b12-6-/t24-,26-,27+,30-,34-,38+/m0/s1. The molecule has 2 aromatic rings. The van der Waals surface area contributed by atoms with Crippen molar-refractivity contribution in [3.8, 4) is 5.88 Å². The van der Waals surface area contributed by atoms with Gasteiger partial charge < -0.3 is 24.8 Å². The molecule has 49 heavy (non-hydrogen) atoms. The van der Waals surface area contributed by atoms with Crippen LogP contribution in [0.2, 0.25) is 0 Å². The summed E-state index contributed by atoms with van der Waals surface area (Å²) in [5.41, 5.74) is 0.550. The monoisotopic (exact) mass is 672 g/mol. The summed E-state index contributed by atoms with van der Waals surface area (Å²) in [5.74, 6) is -2.50. The second kappa shape index (κ2) is 14.1. The molecular weight excluding hydrogens is 624 g/mol. The SMILES string of the molecule is COc1cc(CN2C[C@H]3CN4C(=O)[C@H](CC(=O)OC5CCCC5)CCCCC/C=C\[C@@H]5C[C@@]5(C(=O)O)NC(=O)[C@@H]4[C@H]3C2)c2ccccc2n1. The minimum absolute atomic E-state index is 0.000376. The lowest BCUT2D eigenvalue weighted by Crippen LogP contribution is -2.56. The number of ether oxygens (including phenoxy) is 2. The molecule has 1 aromatic carbocycles. The molecule has 0 bridgehead atoms. The van der Waals surface area contributed by atoms with Crippen LogP contribution in [0.5, 0.6) is 5.88 Å². The highest BCUT2D eigenvalue weighted by atomic mass is 16.5. The Morgan fingerprint density at radius 1 is 1.04 bits per heavy atom. The Balaban J connectivity index is 1.15. The fourth-order valence-electron chi connectivity index (χ4n) is 8.86. The van der Waals surface area contributed by atoms with Crippen LogP contribution in [-0.4, -0.2) is 88.1 Å². The van der Waals surface area contributed by atoms with Crippen LogP contribution >= 0.6 is 0 Å². The van der Waals surface area contributed by atoms with E-state index in [2.05, 4.69) is 15.2 Å². The fourth-order valence-corrected chi connectivity index (χ4v) is 8.86. The number of nitrogens with one attached hydrogen (secondary N) is 1. The summed E-state index contributed by atoms with van der Waals surface area (Å²) in [6, 6.07) is 9.07. The number of carboxylic acids is 1. The van der Waals surface area contributed by atoms with Crippen LogP contribution in [0.15, 0.2) is 42.5 Å². The Hall–Kier alpha value is -3.99. The highest BCUT2D eigenvalue weighted by Crippen LogP contribution is 2.46. The highest BCUT2D eigenvalue weighted by molar-refractivity contribution is 5.96. The van der Waals surface area contributed by atoms with Gasteiger partial charge in [0.2, 0.25) is 17.7 Å². The van der Waals surface area contributed by atoms with Gasteiger partial charge in [0.05, 0.1) is 19.0 Å². The molecule has 2 N–H and O–H groups in total. The maximum Gasteiger partial charge on any atom is 0.330 e. The second-order valence-corrected chi connectivity index (χ2v) is 14.8. The van der Waals surface area contributed by atoms with E-state index in [4.69, 9.17) is 9.47 Å². The molecule has 7 rings (SSSR count). The summed E-state index contributed by atoms with van der Waals surface area (Å²) in [6.07, 6.45) is 12.0. The zero-order valence-corrected chi connectivity index (χ0v) is 28.4. The van der Waals surface area contributed by atoms with Crippen molar-refractivity contribution in [2.24, 2.45) is 23.7 Å². The predicted octanol–water partition coefficient (Wildman–Crippen LogP) is 4.47. The number of carbonyl (C=O) groups is 4. The van der Waals surface area contributed by atoms with Crippen LogP contribution < -0.4 is 10.1 Å². The molecular formula is C38H48N4O7. The number of amides is 2. The molecule has 2 saturated heterocycles. The van der Waals surface area contributed by atoms with Gasteiger partial charge in [-0.3, -0.25) is 19.3 Å². The Kier molecular flexibility index (Phi) is 9.64. The average molecular weight is 673 g/mol. The number of carboxylic acid groups (broad SMARTS) is 1. The van der Waals surface area contributed by atoms with Crippen LogP contribution in [0.1, 0.15) is 76.2 Å². The van der Waals surface area contributed by atoms with Gasteiger partial charge >= 0.3 is 11.9 Å². The summed E-state index contributed by atoms with van der Waals surface area (Å²) in [4.78, 5) is 63.1. The molecule has 262 valence electrons. The molecule has 11 nitrogen and oxygen atoms in total. The van der Waals surface area contributed by atoms with Crippen molar-refractivity contribution in [2.75, 3.05) is 26.7 Å². The fraction of sp³-hybridized carbons (Fsp3) is 0.605. The molecule has 4 fully saturated rings. The first-order valence-electron chi connectivity index (χ1n) is 18.1. The lowest BCUT2D eigenvalue weighted by molar-refractivity contribution is -0.154. The lowest BCUT2D eigenvalue weighted by atomic mass is 9.92. The van der Waals surface area contributed by atoms with E-state index in [9.17, 15) is 24.3 Å². The summed E-state index contributed by atoms with van der Waals surface area (Å²) >= 11 is 0. The van der Waals surface area contributed by atoms with Gasteiger partial charge in [0.25, 0.3) is 0 Å². The Labute approximate surface area is 287 Å². The van der Waals surface area contributed by atoms with E-state index in [1.165, 1.54) is 0 Å². The van der Waals surface area contributed by atoms with Crippen molar-refractivity contribution in [3.05, 3.63) is 48.0 Å². The van der Waals surface area contributed by atoms with Crippen LogP contribution in [0.3, 0.4) is 0 Å². The number of likely N-dealkylation sites (tertiary alicyclic amines) is 1. The quantitative estimate of drug-likeness (QED) is 0.322. The average Bonchev–Trinajstić information content (AvgIpc) is 3.39. The number of methoxy groups -OCH3 is 1. The first-order valence-corrected chi connectivity index (χ1v) is 18.1. The van der Waals surface area contributed by atoms with E-state index >= 15 is 0 Å². The van der Waals surface area contributed by atoms with Gasteiger partial charge in [0.1, 0.15) is 17.7 Å². The number of hydrogen-bond acceptors (Lipinski definition) is 8. The minimum atomic E-state index is -1.37. The largest absolute Gasteiger partial charge is 0.481 e. The molecule has 0 unspecified atom stereocenters. The Morgan fingerprint density at radius 3 is 2.63 bits per heavy atom. The summed E-state index contributed by atoms with van der Waals surface area (Å²) in [5, 5.41) is 14.2. The van der Waals surface area contributed by atoms with Gasteiger partial charge in [-0.25, -0.2) is 9.78 Å². The first kappa shape index (κ1) is 33.5. The number of nitrogens with zero attached hydrogens (tertiary/aromatic N) is 3. The van der Waals surface area contributed by atoms with Crippen molar-refractivity contribution < 1.29 is 33.8 Å². The molecule has 6 atom stereocenters. The summed E-state index contributed by atoms with van der Waals surface area (Å²) in [6.45, 7) is 2.26. The third kappa shape index (κ3) is 6.91. The van der Waals surface area contributed by atoms with E-state index in [1.807, 2.05) is 42.5 Å². The van der Waals surface area contributed by atoms with Crippen molar-refractivity contribution >= 4 is 34.7 Å². The molecule has 11 heteroatoms. The maximum atomic E-state index is 14.5. The molecule has 3 aliphatic heterocycles.